The summed E-state index contributed by atoms with van der Waals surface area (Å²) in [5, 5.41) is 4.23. The second-order valence-corrected chi connectivity index (χ2v) is 6.25. The van der Waals surface area contributed by atoms with Gasteiger partial charge in [0.25, 0.3) is 0 Å². The maximum Gasteiger partial charge on any atom is 0.229 e. The van der Waals surface area contributed by atoms with E-state index in [4.69, 9.17) is 9.26 Å². The monoisotopic (exact) mass is 299 g/mol. The maximum atomic E-state index is 5.43. The molecule has 1 aliphatic heterocycles. The lowest BCUT2D eigenvalue weighted by atomic mass is 10.1. The van der Waals surface area contributed by atoms with E-state index in [1.165, 1.54) is 24.8 Å². The van der Waals surface area contributed by atoms with E-state index in [0.717, 1.165) is 37.0 Å². The zero-order chi connectivity index (χ0) is 14.9. The molecule has 116 valence electrons. The molecule has 2 aromatic rings. The minimum atomic E-state index is 0.280. The highest BCUT2D eigenvalue weighted by Crippen LogP contribution is 2.40. The molecule has 1 atom stereocenters. The number of nitrogens with zero attached hydrogens (tertiary/aromatic N) is 3. The first-order valence-corrected chi connectivity index (χ1v) is 8.04. The van der Waals surface area contributed by atoms with E-state index in [1.807, 2.05) is 12.1 Å². The second-order valence-electron chi connectivity index (χ2n) is 6.25. The Morgan fingerprint density at radius 2 is 2.23 bits per heavy atom. The third-order valence-electron chi connectivity index (χ3n) is 4.57. The normalized spacial score (nSPS) is 22.1. The van der Waals surface area contributed by atoms with Crippen molar-refractivity contribution < 1.29 is 9.26 Å². The highest BCUT2D eigenvalue weighted by atomic mass is 16.5. The van der Waals surface area contributed by atoms with Gasteiger partial charge in [0, 0.05) is 12.5 Å². The van der Waals surface area contributed by atoms with Gasteiger partial charge in [-0.2, -0.15) is 4.98 Å². The van der Waals surface area contributed by atoms with Crippen LogP contribution in [0.1, 0.15) is 54.9 Å². The van der Waals surface area contributed by atoms with Crippen LogP contribution >= 0.6 is 0 Å². The van der Waals surface area contributed by atoms with Gasteiger partial charge in [-0.05, 0) is 49.9 Å². The zero-order valence-corrected chi connectivity index (χ0v) is 12.9. The smallest absolute Gasteiger partial charge is 0.229 e. The van der Waals surface area contributed by atoms with Gasteiger partial charge in [0.05, 0.1) is 13.2 Å². The van der Waals surface area contributed by atoms with Crippen LogP contribution in [-0.2, 0) is 6.54 Å². The highest BCUT2D eigenvalue weighted by Gasteiger charge is 2.34. The summed E-state index contributed by atoms with van der Waals surface area (Å²) in [5.41, 5.74) is 1.26. The van der Waals surface area contributed by atoms with Crippen molar-refractivity contribution in [2.24, 2.45) is 0 Å². The molecule has 2 fully saturated rings. The quantitative estimate of drug-likeness (QED) is 0.848. The third-order valence-corrected chi connectivity index (χ3v) is 4.57. The first-order valence-electron chi connectivity index (χ1n) is 8.04. The van der Waals surface area contributed by atoms with Gasteiger partial charge in [-0.15, -0.1) is 0 Å². The number of ether oxygens (including phenoxy) is 1. The topological polar surface area (TPSA) is 51.4 Å². The summed E-state index contributed by atoms with van der Waals surface area (Å²) < 4.78 is 10.7. The molecule has 22 heavy (non-hydrogen) atoms. The van der Waals surface area contributed by atoms with Gasteiger partial charge in [-0.1, -0.05) is 17.3 Å². The first kappa shape index (κ1) is 13.8. The molecular weight excluding hydrogens is 278 g/mol. The standard InChI is InChI=1S/C17H21N3O2/c1-21-14-5-2-4-12(10-14)11-20-9-3-6-15(20)16-18-17(22-19-16)13-7-8-13/h2,4-5,10,13,15H,3,6-9,11H2,1H3. The lowest BCUT2D eigenvalue weighted by Gasteiger charge is -2.22. The van der Waals surface area contributed by atoms with Gasteiger partial charge in [0.15, 0.2) is 5.82 Å². The van der Waals surface area contributed by atoms with Crippen molar-refractivity contribution in [1.29, 1.82) is 0 Å². The van der Waals surface area contributed by atoms with Gasteiger partial charge in [0.2, 0.25) is 5.89 Å². The molecule has 1 aliphatic carbocycles. The van der Waals surface area contributed by atoms with E-state index in [2.05, 4.69) is 27.2 Å². The van der Waals surface area contributed by atoms with E-state index in [-0.39, 0.29) is 6.04 Å². The summed E-state index contributed by atoms with van der Waals surface area (Å²) >= 11 is 0. The fraction of sp³-hybridized carbons (Fsp3) is 0.529. The molecule has 0 radical (unpaired) electrons. The van der Waals surface area contributed by atoms with Crippen LogP contribution in [0.5, 0.6) is 5.75 Å². The van der Waals surface area contributed by atoms with E-state index in [1.54, 1.807) is 7.11 Å². The summed E-state index contributed by atoms with van der Waals surface area (Å²) in [6.07, 6.45) is 4.68. The number of aromatic nitrogens is 2. The Hall–Kier alpha value is -1.88. The Kier molecular flexibility index (Phi) is 3.58. The van der Waals surface area contributed by atoms with Crippen LogP contribution in [0, 0.1) is 0 Å². The molecule has 5 heteroatoms. The molecule has 1 saturated carbocycles. The Bertz CT molecular complexity index is 651. The summed E-state index contributed by atoms with van der Waals surface area (Å²) in [7, 11) is 1.70. The number of benzene rings is 1. The highest BCUT2D eigenvalue weighted by molar-refractivity contribution is 5.28. The van der Waals surface area contributed by atoms with E-state index in [0.29, 0.717) is 5.92 Å². The average Bonchev–Trinajstić information content (AvgIpc) is 3.10. The number of likely N-dealkylation sites (tertiary alicyclic amines) is 1. The largest absolute Gasteiger partial charge is 0.497 e. The van der Waals surface area contributed by atoms with Crippen molar-refractivity contribution in [3.8, 4) is 5.75 Å². The van der Waals surface area contributed by atoms with Crippen molar-refractivity contribution in [3.63, 3.8) is 0 Å². The Morgan fingerprint density at radius 1 is 1.32 bits per heavy atom. The van der Waals surface area contributed by atoms with Crippen LogP contribution in [-0.4, -0.2) is 28.7 Å². The maximum absolute atomic E-state index is 5.43. The Labute approximate surface area is 130 Å². The van der Waals surface area contributed by atoms with Crippen molar-refractivity contribution in [2.45, 2.75) is 44.2 Å². The third kappa shape index (κ3) is 2.73. The van der Waals surface area contributed by atoms with Crippen molar-refractivity contribution >= 4 is 0 Å². The number of hydrogen-bond acceptors (Lipinski definition) is 5. The average molecular weight is 299 g/mol. The van der Waals surface area contributed by atoms with Gasteiger partial charge in [0.1, 0.15) is 5.75 Å². The second kappa shape index (κ2) is 5.72. The molecule has 1 saturated heterocycles. The molecule has 2 heterocycles. The Morgan fingerprint density at radius 3 is 3.05 bits per heavy atom. The predicted molar refractivity (Wildman–Crippen MR) is 81.7 cm³/mol. The lowest BCUT2D eigenvalue weighted by Crippen LogP contribution is -2.23. The molecule has 0 amide bonds. The van der Waals surface area contributed by atoms with Crippen LogP contribution in [0.15, 0.2) is 28.8 Å². The predicted octanol–water partition coefficient (Wildman–Crippen LogP) is 3.29. The number of rotatable bonds is 5. The summed E-state index contributed by atoms with van der Waals surface area (Å²) in [6.45, 7) is 1.98. The zero-order valence-electron chi connectivity index (χ0n) is 12.9. The summed E-state index contributed by atoms with van der Waals surface area (Å²) in [5.74, 6) is 3.13. The number of methoxy groups -OCH3 is 1. The van der Waals surface area contributed by atoms with Crippen LogP contribution in [0.3, 0.4) is 0 Å². The van der Waals surface area contributed by atoms with E-state index >= 15 is 0 Å². The van der Waals surface area contributed by atoms with E-state index < -0.39 is 0 Å². The molecule has 1 unspecified atom stereocenters. The molecule has 2 aliphatic rings. The Balaban J connectivity index is 1.49. The fourth-order valence-electron chi connectivity index (χ4n) is 3.19. The minimum absolute atomic E-state index is 0.280. The summed E-state index contributed by atoms with van der Waals surface area (Å²) in [4.78, 5) is 7.08. The molecule has 1 aromatic heterocycles. The van der Waals surface area contributed by atoms with Gasteiger partial charge >= 0.3 is 0 Å². The van der Waals surface area contributed by atoms with Crippen LogP contribution in [0.2, 0.25) is 0 Å². The molecular formula is C17H21N3O2. The molecule has 1 aromatic carbocycles. The van der Waals surface area contributed by atoms with E-state index in [9.17, 15) is 0 Å². The number of hydrogen-bond donors (Lipinski definition) is 0. The summed E-state index contributed by atoms with van der Waals surface area (Å²) in [6, 6.07) is 8.54. The van der Waals surface area contributed by atoms with Gasteiger partial charge < -0.3 is 9.26 Å². The van der Waals surface area contributed by atoms with Crippen molar-refractivity contribution in [1.82, 2.24) is 15.0 Å². The fourth-order valence-corrected chi connectivity index (χ4v) is 3.19. The lowest BCUT2D eigenvalue weighted by molar-refractivity contribution is 0.233. The molecule has 4 rings (SSSR count). The molecule has 0 N–H and O–H groups in total. The van der Waals surface area contributed by atoms with Gasteiger partial charge in [-0.3, -0.25) is 4.90 Å². The van der Waals surface area contributed by atoms with Crippen LogP contribution in [0.25, 0.3) is 0 Å². The van der Waals surface area contributed by atoms with Crippen LogP contribution in [0.4, 0.5) is 0 Å². The minimum Gasteiger partial charge on any atom is -0.497 e. The SMILES string of the molecule is COc1cccc(CN2CCCC2c2noc(C3CC3)n2)c1. The van der Waals surface area contributed by atoms with Crippen LogP contribution < -0.4 is 4.74 Å². The molecule has 0 bridgehead atoms. The van der Waals surface area contributed by atoms with Crippen molar-refractivity contribution in [3.05, 3.63) is 41.5 Å². The van der Waals surface area contributed by atoms with Crippen molar-refractivity contribution in [2.75, 3.05) is 13.7 Å². The molecule has 5 nitrogen and oxygen atoms in total. The molecule has 0 spiro atoms. The van der Waals surface area contributed by atoms with Gasteiger partial charge in [-0.25, -0.2) is 0 Å². The first-order chi connectivity index (χ1) is 10.8.